The summed E-state index contributed by atoms with van der Waals surface area (Å²) >= 11 is 0. The molecule has 1 unspecified atom stereocenters. The molecular formula is C14H13F2NO. The number of hydrogen-bond donors (Lipinski definition) is 1. The van der Waals surface area contributed by atoms with Crippen LogP contribution in [0.25, 0.3) is 0 Å². The average Bonchev–Trinajstić information content (AvgIpc) is 2.40. The van der Waals surface area contributed by atoms with Gasteiger partial charge in [-0.25, -0.2) is 8.78 Å². The fourth-order valence-electron chi connectivity index (χ4n) is 1.78. The monoisotopic (exact) mass is 249 g/mol. The Hall–Kier alpha value is -1.81. The highest BCUT2D eigenvalue weighted by atomic mass is 19.2. The van der Waals surface area contributed by atoms with Gasteiger partial charge < -0.3 is 5.11 Å². The van der Waals surface area contributed by atoms with Crippen LogP contribution in [-0.2, 0) is 6.42 Å². The van der Waals surface area contributed by atoms with Gasteiger partial charge in [-0.15, -0.1) is 0 Å². The Balaban J connectivity index is 2.04. The molecule has 18 heavy (non-hydrogen) atoms. The number of halogens is 2. The van der Waals surface area contributed by atoms with Crippen LogP contribution in [0.3, 0.4) is 0 Å². The first kappa shape index (κ1) is 12.6. The van der Waals surface area contributed by atoms with Crippen molar-refractivity contribution in [2.75, 3.05) is 0 Å². The third-order valence-corrected chi connectivity index (χ3v) is 2.77. The predicted molar refractivity (Wildman–Crippen MR) is 63.9 cm³/mol. The topological polar surface area (TPSA) is 33.1 Å². The Morgan fingerprint density at radius 1 is 1.17 bits per heavy atom. The van der Waals surface area contributed by atoms with E-state index in [1.807, 2.05) is 6.07 Å². The molecule has 0 saturated carbocycles. The second-order valence-corrected chi connectivity index (χ2v) is 4.06. The summed E-state index contributed by atoms with van der Waals surface area (Å²) in [6.45, 7) is 0. The van der Waals surface area contributed by atoms with Crippen molar-refractivity contribution in [3.63, 3.8) is 0 Å². The van der Waals surface area contributed by atoms with Crippen molar-refractivity contribution in [1.82, 2.24) is 4.98 Å². The van der Waals surface area contributed by atoms with E-state index in [-0.39, 0.29) is 5.56 Å². The summed E-state index contributed by atoms with van der Waals surface area (Å²) < 4.78 is 26.4. The number of aromatic nitrogens is 1. The zero-order chi connectivity index (χ0) is 13.0. The lowest BCUT2D eigenvalue weighted by molar-refractivity contribution is 0.162. The van der Waals surface area contributed by atoms with Gasteiger partial charge in [-0.2, -0.15) is 0 Å². The number of pyridine rings is 1. The van der Waals surface area contributed by atoms with Gasteiger partial charge in [0.1, 0.15) is 0 Å². The number of benzene rings is 1. The lowest BCUT2D eigenvalue weighted by Crippen LogP contribution is -2.04. The van der Waals surface area contributed by atoms with Crippen molar-refractivity contribution in [2.45, 2.75) is 18.9 Å². The van der Waals surface area contributed by atoms with Crippen LogP contribution >= 0.6 is 0 Å². The van der Waals surface area contributed by atoms with Crippen molar-refractivity contribution in [3.8, 4) is 0 Å². The van der Waals surface area contributed by atoms with Gasteiger partial charge in [0, 0.05) is 18.0 Å². The van der Waals surface area contributed by atoms with Crippen LogP contribution in [0.5, 0.6) is 0 Å². The number of aryl methyl sites for hydroxylation is 1. The van der Waals surface area contributed by atoms with Crippen LogP contribution in [0.4, 0.5) is 8.78 Å². The van der Waals surface area contributed by atoms with Gasteiger partial charge >= 0.3 is 0 Å². The van der Waals surface area contributed by atoms with Gasteiger partial charge in [-0.1, -0.05) is 18.2 Å². The minimum atomic E-state index is -1.01. The maximum Gasteiger partial charge on any atom is 0.164 e. The molecule has 0 fully saturated rings. The Morgan fingerprint density at radius 3 is 2.72 bits per heavy atom. The van der Waals surface area contributed by atoms with Gasteiger partial charge in [0.2, 0.25) is 0 Å². The second-order valence-electron chi connectivity index (χ2n) is 4.06. The molecule has 1 N–H and O–H groups in total. The van der Waals surface area contributed by atoms with Crippen LogP contribution in [0.1, 0.15) is 23.7 Å². The van der Waals surface area contributed by atoms with Crippen LogP contribution in [-0.4, -0.2) is 10.1 Å². The normalized spacial score (nSPS) is 12.4. The lowest BCUT2D eigenvalue weighted by Gasteiger charge is -2.12. The molecule has 1 heterocycles. The van der Waals surface area contributed by atoms with Crippen molar-refractivity contribution in [1.29, 1.82) is 0 Å². The molecule has 2 rings (SSSR count). The Morgan fingerprint density at radius 2 is 2.00 bits per heavy atom. The smallest absolute Gasteiger partial charge is 0.164 e. The quantitative estimate of drug-likeness (QED) is 0.903. The minimum Gasteiger partial charge on any atom is -0.388 e. The van der Waals surface area contributed by atoms with E-state index >= 15 is 0 Å². The number of hydrogen-bond acceptors (Lipinski definition) is 2. The Bertz CT molecular complexity index is 516. The lowest BCUT2D eigenvalue weighted by atomic mass is 10.0. The molecule has 0 aliphatic rings. The third kappa shape index (κ3) is 2.90. The molecular weight excluding hydrogens is 236 g/mol. The molecule has 1 aromatic heterocycles. The first-order valence-electron chi connectivity index (χ1n) is 5.69. The molecule has 2 aromatic rings. The summed E-state index contributed by atoms with van der Waals surface area (Å²) in [7, 11) is 0. The first-order chi connectivity index (χ1) is 8.68. The van der Waals surface area contributed by atoms with E-state index in [0.717, 1.165) is 11.6 Å². The molecule has 0 spiro atoms. The highest BCUT2D eigenvalue weighted by molar-refractivity contribution is 5.21. The molecule has 1 atom stereocenters. The molecule has 0 saturated heterocycles. The SMILES string of the molecule is OC(CCc1cccnc1)c1cccc(F)c1F. The predicted octanol–water partition coefficient (Wildman–Crippen LogP) is 3.03. The van der Waals surface area contributed by atoms with E-state index in [1.54, 1.807) is 18.5 Å². The summed E-state index contributed by atoms with van der Waals surface area (Å²) in [4.78, 5) is 3.95. The van der Waals surface area contributed by atoms with Gasteiger partial charge in [0.25, 0.3) is 0 Å². The van der Waals surface area contributed by atoms with Crippen molar-refractivity contribution < 1.29 is 13.9 Å². The van der Waals surface area contributed by atoms with Gasteiger partial charge in [-0.3, -0.25) is 4.98 Å². The summed E-state index contributed by atoms with van der Waals surface area (Å²) in [5.74, 6) is -1.91. The molecule has 2 nitrogen and oxygen atoms in total. The van der Waals surface area contributed by atoms with Crippen LogP contribution < -0.4 is 0 Å². The molecule has 0 aliphatic heterocycles. The highest BCUT2D eigenvalue weighted by Crippen LogP contribution is 2.23. The number of aliphatic hydroxyl groups excluding tert-OH is 1. The van der Waals surface area contributed by atoms with E-state index in [1.165, 1.54) is 12.1 Å². The maximum atomic E-state index is 13.4. The molecule has 1 aromatic carbocycles. The number of nitrogens with zero attached hydrogens (tertiary/aromatic N) is 1. The zero-order valence-electron chi connectivity index (χ0n) is 9.68. The summed E-state index contributed by atoms with van der Waals surface area (Å²) in [5, 5.41) is 9.86. The largest absolute Gasteiger partial charge is 0.388 e. The third-order valence-electron chi connectivity index (χ3n) is 2.77. The Kier molecular flexibility index (Phi) is 3.99. The van der Waals surface area contributed by atoms with Crippen molar-refractivity contribution in [2.24, 2.45) is 0 Å². The first-order valence-corrected chi connectivity index (χ1v) is 5.69. The molecule has 0 bridgehead atoms. The number of rotatable bonds is 4. The van der Waals surface area contributed by atoms with Crippen molar-refractivity contribution in [3.05, 3.63) is 65.5 Å². The average molecular weight is 249 g/mol. The fraction of sp³-hybridized carbons (Fsp3) is 0.214. The maximum absolute atomic E-state index is 13.4. The molecule has 4 heteroatoms. The van der Waals surface area contributed by atoms with E-state index in [0.29, 0.717) is 12.8 Å². The fourth-order valence-corrected chi connectivity index (χ4v) is 1.78. The number of aliphatic hydroxyl groups is 1. The zero-order valence-corrected chi connectivity index (χ0v) is 9.68. The molecule has 0 amide bonds. The summed E-state index contributed by atoms with van der Waals surface area (Å²) in [6, 6.07) is 7.49. The molecule has 0 aliphatic carbocycles. The molecule has 0 radical (unpaired) electrons. The highest BCUT2D eigenvalue weighted by Gasteiger charge is 2.15. The summed E-state index contributed by atoms with van der Waals surface area (Å²) in [5.41, 5.74) is 0.951. The standard InChI is InChI=1S/C14H13F2NO/c15-12-5-1-4-11(14(12)16)13(18)7-6-10-3-2-8-17-9-10/h1-5,8-9,13,18H,6-7H2. The van der Waals surface area contributed by atoms with Crippen LogP contribution in [0.2, 0.25) is 0 Å². The van der Waals surface area contributed by atoms with E-state index in [4.69, 9.17) is 0 Å². The van der Waals surface area contributed by atoms with E-state index < -0.39 is 17.7 Å². The van der Waals surface area contributed by atoms with Crippen LogP contribution in [0.15, 0.2) is 42.7 Å². The Labute approximate surface area is 104 Å². The van der Waals surface area contributed by atoms with Crippen molar-refractivity contribution >= 4 is 0 Å². The van der Waals surface area contributed by atoms with Gasteiger partial charge in [-0.05, 0) is 30.5 Å². The van der Waals surface area contributed by atoms with Gasteiger partial charge in [0.15, 0.2) is 11.6 Å². The second kappa shape index (κ2) is 5.69. The van der Waals surface area contributed by atoms with E-state index in [2.05, 4.69) is 4.98 Å². The van der Waals surface area contributed by atoms with Gasteiger partial charge in [0.05, 0.1) is 6.10 Å². The summed E-state index contributed by atoms with van der Waals surface area (Å²) in [6.07, 6.45) is 3.22. The minimum absolute atomic E-state index is 0.00103. The molecule has 94 valence electrons. The van der Waals surface area contributed by atoms with E-state index in [9.17, 15) is 13.9 Å². The van der Waals surface area contributed by atoms with Crippen LogP contribution in [0, 0.1) is 11.6 Å².